The first-order chi connectivity index (χ1) is 5.74. The van der Waals surface area contributed by atoms with Crippen molar-refractivity contribution in [2.45, 2.75) is 26.4 Å². The fraction of sp³-hybridized carbons (Fsp3) is 0.556. The van der Waals surface area contributed by atoms with Gasteiger partial charge >= 0.3 is 0 Å². The van der Waals surface area contributed by atoms with Crippen LogP contribution in [0.15, 0.2) is 11.4 Å². The second-order valence-corrected chi connectivity index (χ2v) is 3.95. The highest BCUT2D eigenvalue weighted by Gasteiger charge is 2.03. The molecular formula is C9H15NOS. The Balaban J connectivity index is 2.50. The second-order valence-electron chi connectivity index (χ2n) is 2.95. The SMILES string of the molecule is COc1ccsc1CNC(C)C. The molecule has 0 fully saturated rings. The highest BCUT2D eigenvalue weighted by atomic mass is 32.1. The first kappa shape index (κ1) is 9.55. The van der Waals surface area contributed by atoms with Crippen LogP contribution in [-0.4, -0.2) is 13.2 Å². The summed E-state index contributed by atoms with van der Waals surface area (Å²) >= 11 is 1.73. The maximum Gasteiger partial charge on any atom is 0.134 e. The summed E-state index contributed by atoms with van der Waals surface area (Å²) in [4.78, 5) is 1.27. The van der Waals surface area contributed by atoms with Gasteiger partial charge in [0, 0.05) is 12.6 Å². The average Bonchev–Trinajstić information content (AvgIpc) is 2.47. The van der Waals surface area contributed by atoms with E-state index in [4.69, 9.17) is 4.74 Å². The van der Waals surface area contributed by atoms with Crippen LogP contribution in [0, 0.1) is 0 Å². The molecule has 12 heavy (non-hydrogen) atoms. The topological polar surface area (TPSA) is 21.3 Å². The van der Waals surface area contributed by atoms with Gasteiger partial charge in [0.25, 0.3) is 0 Å². The molecule has 0 saturated carbocycles. The number of ether oxygens (including phenoxy) is 1. The van der Waals surface area contributed by atoms with E-state index in [1.807, 2.05) is 6.07 Å². The molecule has 1 rings (SSSR count). The second kappa shape index (κ2) is 4.48. The molecule has 1 aromatic rings. The first-order valence-corrected chi connectivity index (χ1v) is 4.95. The molecule has 0 unspecified atom stereocenters. The summed E-state index contributed by atoms with van der Waals surface area (Å²) < 4.78 is 5.19. The molecule has 1 heterocycles. The molecular weight excluding hydrogens is 170 g/mol. The van der Waals surface area contributed by atoms with Crippen molar-refractivity contribution in [3.05, 3.63) is 16.3 Å². The Morgan fingerprint density at radius 2 is 2.33 bits per heavy atom. The number of hydrogen-bond donors (Lipinski definition) is 1. The lowest BCUT2D eigenvalue weighted by atomic mass is 10.3. The third-order valence-corrected chi connectivity index (χ3v) is 2.50. The Bertz CT molecular complexity index is 232. The Hall–Kier alpha value is -0.540. The van der Waals surface area contributed by atoms with E-state index in [0.717, 1.165) is 12.3 Å². The van der Waals surface area contributed by atoms with Crippen molar-refractivity contribution in [3.8, 4) is 5.75 Å². The van der Waals surface area contributed by atoms with Gasteiger partial charge in [-0.3, -0.25) is 0 Å². The van der Waals surface area contributed by atoms with Crippen LogP contribution in [0.3, 0.4) is 0 Å². The predicted molar refractivity (Wildman–Crippen MR) is 52.8 cm³/mol. The van der Waals surface area contributed by atoms with E-state index >= 15 is 0 Å². The molecule has 0 aliphatic heterocycles. The van der Waals surface area contributed by atoms with E-state index in [1.54, 1.807) is 18.4 Å². The zero-order valence-corrected chi connectivity index (χ0v) is 8.57. The summed E-state index contributed by atoms with van der Waals surface area (Å²) in [6.07, 6.45) is 0. The first-order valence-electron chi connectivity index (χ1n) is 4.07. The van der Waals surface area contributed by atoms with Gasteiger partial charge in [-0.15, -0.1) is 11.3 Å². The molecule has 1 N–H and O–H groups in total. The van der Waals surface area contributed by atoms with Gasteiger partial charge in [0.15, 0.2) is 0 Å². The molecule has 0 saturated heterocycles. The zero-order chi connectivity index (χ0) is 8.97. The Kier molecular flexibility index (Phi) is 3.56. The molecule has 0 aliphatic carbocycles. The van der Waals surface area contributed by atoms with Crippen molar-refractivity contribution in [2.75, 3.05) is 7.11 Å². The summed E-state index contributed by atoms with van der Waals surface area (Å²) in [5.74, 6) is 0.994. The molecule has 0 aliphatic rings. The third-order valence-electron chi connectivity index (χ3n) is 1.60. The average molecular weight is 185 g/mol. The molecule has 0 aromatic carbocycles. The van der Waals surface area contributed by atoms with Gasteiger partial charge in [0.05, 0.1) is 12.0 Å². The summed E-state index contributed by atoms with van der Waals surface area (Å²) in [5.41, 5.74) is 0. The fourth-order valence-corrected chi connectivity index (χ4v) is 1.73. The minimum atomic E-state index is 0.525. The third kappa shape index (κ3) is 2.50. The summed E-state index contributed by atoms with van der Waals surface area (Å²) in [5, 5.41) is 5.40. The van der Waals surface area contributed by atoms with Gasteiger partial charge in [-0.25, -0.2) is 0 Å². The molecule has 0 bridgehead atoms. The van der Waals surface area contributed by atoms with Crippen molar-refractivity contribution in [1.29, 1.82) is 0 Å². The monoisotopic (exact) mass is 185 g/mol. The minimum Gasteiger partial charge on any atom is -0.496 e. The molecule has 1 aromatic heterocycles. The van der Waals surface area contributed by atoms with Crippen LogP contribution in [0.25, 0.3) is 0 Å². The lowest BCUT2D eigenvalue weighted by Crippen LogP contribution is -2.21. The highest BCUT2D eigenvalue weighted by molar-refractivity contribution is 7.10. The van der Waals surface area contributed by atoms with E-state index in [-0.39, 0.29) is 0 Å². The van der Waals surface area contributed by atoms with E-state index in [0.29, 0.717) is 6.04 Å². The zero-order valence-electron chi connectivity index (χ0n) is 7.76. The largest absolute Gasteiger partial charge is 0.496 e. The van der Waals surface area contributed by atoms with Crippen molar-refractivity contribution < 1.29 is 4.74 Å². The summed E-state index contributed by atoms with van der Waals surface area (Å²) in [7, 11) is 1.71. The van der Waals surface area contributed by atoms with Gasteiger partial charge in [0.1, 0.15) is 5.75 Å². The van der Waals surface area contributed by atoms with Gasteiger partial charge in [0.2, 0.25) is 0 Å². The highest BCUT2D eigenvalue weighted by Crippen LogP contribution is 2.23. The molecule has 0 amide bonds. The summed E-state index contributed by atoms with van der Waals surface area (Å²) in [6.45, 7) is 5.18. The fourth-order valence-electron chi connectivity index (χ4n) is 0.936. The number of nitrogens with one attached hydrogen (secondary N) is 1. The normalized spacial score (nSPS) is 10.7. The van der Waals surface area contributed by atoms with Crippen molar-refractivity contribution in [3.63, 3.8) is 0 Å². The van der Waals surface area contributed by atoms with Crippen molar-refractivity contribution in [2.24, 2.45) is 0 Å². The molecule has 2 nitrogen and oxygen atoms in total. The van der Waals surface area contributed by atoms with Crippen LogP contribution in [0.1, 0.15) is 18.7 Å². The van der Waals surface area contributed by atoms with Crippen LogP contribution in [0.2, 0.25) is 0 Å². The molecule has 0 spiro atoms. The molecule has 0 radical (unpaired) electrons. The number of thiophene rings is 1. The van der Waals surface area contributed by atoms with E-state index in [1.165, 1.54) is 4.88 Å². The quantitative estimate of drug-likeness (QED) is 0.777. The van der Waals surface area contributed by atoms with Crippen molar-refractivity contribution in [1.82, 2.24) is 5.32 Å². The van der Waals surface area contributed by atoms with Crippen LogP contribution in [0.4, 0.5) is 0 Å². The van der Waals surface area contributed by atoms with Gasteiger partial charge in [-0.05, 0) is 11.4 Å². The van der Waals surface area contributed by atoms with E-state index < -0.39 is 0 Å². The van der Waals surface area contributed by atoms with Crippen LogP contribution < -0.4 is 10.1 Å². The van der Waals surface area contributed by atoms with Gasteiger partial charge in [-0.1, -0.05) is 13.8 Å². The van der Waals surface area contributed by atoms with Crippen LogP contribution in [-0.2, 0) is 6.54 Å². The standard InChI is InChI=1S/C9H15NOS/c1-7(2)10-6-9-8(11-3)4-5-12-9/h4-5,7,10H,6H2,1-3H3. The van der Waals surface area contributed by atoms with Gasteiger partial charge < -0.3 is 10.1 Å². The van der Waals surface area contributed by atoms with Gasteiger partial charge in [-0.2, -0.15) is 0 Å². The smallest absolute Gasteiger partial charge is 0.134 e. The van der Waals surface area contributed by atoms with Crippen LogP contribution in [0.5, 0.6) is 5.75 Å². The van der Waals surface area contributed by atoms with E-state index in [9.17, 15) is 0 Å². The Morgan fingerprint density at radius 3 is 2.92 bits per heavy atom. The van der Waals surface area contributed by atoms with E-state index in [2.05, 4.69) is 24.5 Å². The lowest BCUT2D eigenvalue weighted by molar-refractivity contribution is 0.409. The predicted octanol–water partition coefficient (Wildman–Crippen LogP) is 2.25. The molecule has 68 valence electrons. The maximum atomic E-state index is 5.19. The minimum absolute atomic E-state index is 0.525. The maximum absolute atomic E-state index is 5.19. The number of rotatable bonds is 4. The summed E-state index contributed by atoms with van der Waals surface area (Å²) in [6, 6.07) is 2.53. The Morgan fingerprint density at radius 1 is 1.58 bits per heavy atom. The molecule has 3 heteroatoms. The molecule has 0 atom stereocenters. The van der Waals surface area contributed by atoms with Crippen molar-refractivity contribution >= 4 is 11.3 Å². The number of methoxy groups -OCH3 is 1. The Labute approximate surface area is 77.6 Å². The number of hydrogen-bond acceptors (Lipinski definition) is 3. The lowest BCUT2D eigenvalue weighted by Gasteiger charge is -2.07. The van der Waals surface area contributed by atoms with Crippen LogP contribution >= 0.6 is 11.3 Å².